The molecule has 2 rings (SSSR count). The molecule has 1 heterocycles. The van der Waals surface area contributed by atoms with E-state index in [-0.39, 0.29) is 5.91 Å². The van der Waals surface area contributed by atoms with E-state index in [0.717, 1.165) is 31.0 Å². The quantitative estimate of drug-likeness (QED) is 0.869. The lowest BCUT2D eigenvalue weighted by molar-refractivity contribution is 0.0952. The van der Waals surface area contributed by atoms with Gasteiger partial charge < -0.3 is 5.32 Å². The van der Waals surface area contributed by atoms with E-state index in [1.807, 2.05) is 12.1 Å². The zero-order valence-electron chi connectivity index (χ0n) is 14.3. The molecule has 122 valence electrons. The van der Waals surface area contributed by atoms with Gasteiger partial charge >= 0.3 is 0 Å². The Morgan fingerprint density at radius 2 is 2.05 bits per heavy atom. The van der Waals surface area contributed by atoms with Crippen molar-refractivity contribution < 1.29 is 4.79 Å². The molecule has 0 spiro atoms. The largest absolute Gasteiger partial charge is 0.352 e. The molecule has 1 aliphatic rings. The summed E-state index contributed by atoms with van der Waals surface area (Å²) in [6.07, 6.45) is 3.68. The number of carbonyl (C=O) groups is 1. The molecule has 1 aliphatic heterocycles. The Hall–Kier alpha value is -1.35. The SMILES string of the molecule is CC(C)CCNC(=O)c1ccc(CN2CCCC(C)C2)cc1. The molecular formula is C19H30N2O. The second kappa shape index (κ2) is 8.33. The molecule has 1 aromatic carbocycles. The third-order valence-electron chi connectivity index (χ3n) is 4.37. The summed E-state index contributed by atoms with van der Waals surface area (Å²) in [5.41, 5.74) is 2.06. The van der Waals surface area contributed by atoms with Gasteiger partial charge in [-0.05, 0) is 55.3 Å². The van der Waals surface area contributed by atoms with Crippen LogP contribution in [0.1, 0.15) is 56.0 Å². The topological polar surface area (TPSA) is 32.3 Å². The van der Waals surface area contributed by atoms with Gasteiger partial charge in [0.1, 0.15) is 0 Å². The maximum Gasteiger partial charge on any atom is 0.251 e. The van der Waals surface area contributed by atoms with Crippen molar-refractivity contribution >= 4 is 5.91 Å². The van der Waals surface area contributed by atoms with Crippen molar-refractivity contribution in [2.75, 3.05) is 19.6 Å². The van der Waals surface area contributed by atoms with Crippen molar-refractivity contribution in [2.45, 2.75) is 46.6 Å². The van der Waals surface area contributed by atoms with Gasteiger partial charge in [0.05, 0.1) is 0 Å². The number of amides is 1. The first-order valence-electron chi connectivity index (χ1n) is 8.64. The van der Waals surface area contributed by atoms with Crippen molar-refractivity contribution in [3.8, 4) is 0 Å². The number of rotatable bonds is 6. The van der Waals surface area contributed by atoms with Gasteiger partial charge in [0.25, 0.3) is 5.91 Å². The average Bonchev–Trinajstić information content (AvgIpc) is 2.47. The molecule has 1 fully saturated rings. The van der Waals surface area contributed by atoms with Crippen LogP contribution in [-0.2, 0) is 6.54 Å². The van der Waals surface area contributed by atoms with E-state index in [0.29, 0.717) is 5.92 Å². The van der Waals surface area contributed by atoms with E-state index >= 15 is 0 Å². The second-order valence-electron chi connectivity index (χ2n) is 7.12. The van der Waals surface area contributed by atoms with Gasteiger partial charge in [-0.25, -0.2) is 0 Å². The smallest absolute Gasteiger partial charge is 0.251 e. The van der Waals surface area contributed by atoms with E-state index in [1.54, 1.807) is 0 Å². The zero-order valence-corrected chi connectivity index (χ0v) is 14.3. The van der Waals surface area contributed by atoms with Gasteiger partial charge in [-0.3, -0.25) is 9.69 Å². The number of likely N-dealkylation sites (tertiary alicyclic amines) is 1. The Balaban J connectivity index is 1.83. The van der Waals surface area contributed by atoms with E-state index in [2.05, 4.69) is 43.1 Å². The lowest BCUT2D eigenvalue weighted by Gasteiger charge is -2.30. The van der Waals surface area contributed by atoms with Crippen molar-refractivity contribution in [1.29, 1.82) is 0 Å². The van der Waals surface area contributed by atoms with Gasteiger partial charge in [0.15, 0.2) is 0 Å². The Kier molecular flexibility index (Phi) is 6.44. The third-order valence-corrected chi connectivity index (χ3v) is 4.37. The first kappa shape index (κ1) is 17.0. The highest BCUT2D eigenvalue weighted by Crippen LogP contribution is 2.18. The first-order chi connectivity index (χ1) is 10.5. The highest BCUT2D eigenvalue weighted by atomic mass is 16.1. The molecule has 1 unspecified atom stereocenters. The first-order valence-corrected chi connectivity index (χ1v) is 8.64. The van der Waals surface area contributed by atoms with Gasteiger partial charge in [-0.2, -0.15) is 0 Å². The molecule has 0 aliphatic carbocycles. The van der Waals surface area contributed by atoms with E-state index in [1.165, 1.54) is 31.5 Å². The van der Waals surface area contributed by atoms with Crippen LogP contribution in [0.4, 0.5) is 0 Å². The number of hydrogen-bond acceptors (Lipinski definition) is 2. The summed E-state index contributed by atoms with van der Waals surface area (Å²) < 4.78 is 0. The van der Waals surface area contributed by atoms with Gasteiger partial charge in [0, 0.05) is 25.2 Å². The summed E-state index contributed by atoms with van der Waals surface area (Å²) in [5, 5.41) is 2.99. The van der Waals surface area contributed by atoms with Gasteiger partial charge in [0.2, 0.25) is 0 Å². The molecule has 1 saturated heterocycles. The maximum absolute atomic E-state index is 12.0. The summed E-state index contributed by atoms with van der Waals surface area (Å²) in [5.74, 6) is 1.47. The predicted molar refractivity (Wildman–Crippen MR) is 91.9 cm³/mol. The Bertz CT molecular complexity index is 467. The zero-order chi connectivity index (χ0) is 15.9. The van der Waals surface area contributed by atoms with Crippen molar-refractivity contribution in [3.63, 3.8) is 0 Å². The van der Waals surface area contributed by atoms with Crippen LogP contribution in [0.3, 0.4) is 0 Å². The fourth-order valence-electron chi connectivity index (χ4n) is 3.03. The summed E-state index contributed by atoms with van der Waals surface area (Å²) >= 11 is 0. The molecule has 1 N–H and O–H groups in total. The molecule has 3 nitrogen and oxygen atoms in total. The van der Waals surface area contributed by atoms with Crippen LogP contribution >= 0.6 is 0 Å². The van der Waals surface area contributed by atoms with E-state index < -0.39 is 0 Å². The Morgan fingerprint density at radius 1 is 1.32 bits per heavy atom. The predicted octanol–water partition coefficient (Wildman–Crippen LogP) is 3.69. The lowest BCUT2D eigenvalue weighted by atomic mass is 9.99. The molecule has 3 heteroatoms. The number of benzene rings is 1. The number of hydrogen-bond donors (Lipinski definition) is 1. The molecule has 1 amide bonds. The summed E-state index contributed by atoms with van der Waals surface area (Å²) in [6, 6.07) is 8.09. The Labute approximate surface area is 135 Å². The van der Waals surface area contributed by atoms with Crippen LogP contribution in [0.15, 0.2) is 24.3 Å². The standard InChI is InChI=1S/C19H30N2O/c1-15(2)10-11-20-19(22)18-8-6-17(7-9-18)14-21-12-4-5-16(3)13-21/h6-9,15-16H,4-5,10-14H2,1-3H3,(H,20,22). The highest BCUT2D eigenvalue weighted by molar-refractivity contribution is 5.94. The highest BCUT2D eigenvalue weighted by Gasteiger charge is 2.16. The maximum atomic E-state index is 12.0. The summed E-state index contributed by atoms with van der Waals surface area (Å²) in [6.45, 7) is 10.8. The van der Waals surface area contributed by atoms with Crippen LogP contribution in [0.5, 0.6) is 0 Å². The van der Waals surface area contributed by atoms with Crippen LogP contribution in [0.25, 0.3) is 0 Å². The van der Waals surface area contributed by atoms with Gasteiger partial charge in [-0.1, -0.05) is 32.9 Å². The molecule has 0 aromatic heterocycles. The molecular weight excluding hydrogens is 272 g/mol. The fraction of sp³-hybridized carbons (Fsp3) is 0.632. The molecule has 0 saturated carbocycles. The number of nitrogens with one attached hydrogen (secondary N) is 1. The molecule has 0 radical (unpaired) electrons. The van der Waals surface area contributed by atoms with Crippen molar-refractivity contribution in [2.24, 2.45) is 11.8 Å². The third kappa shape index (κ3) is 5.45. The van der Waals surface area contributed by atoms with Crippen molar-refractivity contribution in [1.82, 2.24) is 10.2 Å². The monoisotopic (exact) mass is 302 g/mol. The van der Waals surface area contributed by atoms with E-state index in [9.17, 15) is 4.79 Å². The fourth-order valence-corrected chi connectivity index (χ4v) is 3.03. The van der Waals surface area contributed by atoms with Crippen LogP contribution in [0, 0.1) is 11.8 Å². The Morgan fingerprint density at radius 3 is 2.68 bits per heavy atom. The van der Waals surface area contributed by atoms with Crippen LogP contribution in [-0.4, -0.2) is 30.4 Å². The molecule has 1 atom stereocenters. The minimum absolute atomic E-state index is 0.0406. The van der Waals surface area contributed by atoms with Crippen LogP contribution in [0.2, 0.25) is 0 Å². The minimum Gasteiger partial charge on any atom is -0.352 e. The van der Waals surface area contributed by atoms with Gasteiger partial charge in [-0.15, -0.1) is 0 Å². The van der Waals surface area contributed by atoms with Crippen LogP contribution < -0.4 is 5.32 Å². The van der Waals surface area contributed by atoms with E-state index in [4.69, 9.17) is 0 Å². The normalized spacial score (nSPS) is 19.4. The molecule has 22 heavy (non-hydrogen) atoms. The van der Waals surface area contributed by atoms with Crippen molar-refractivity contribution in [3.05, 3.63) is 35.4 Å². The summed E-state index contributed by atoms with van der Waals surface area (Å²) in [7, 11) is 0. The summed E-state index contributed by atoms with van der Waals surface area (Å²) in [4.78, 5) is 14.6. The molecule has 1 aromatic rings. The minimum atomic E-state index is 0.0406. The lowest BCUT2D eigenvalue weighted by Crippen LogP contribution is -2.33. The average molecular weight is 302 g/mol. The molecule has 0 bridgehead atoms. The number of carbonyl (C=O) groups excluding carboxylic acids is 1. The number of nitrogens with zero attached hydrogens (tertiary/aromatic N) is 1. The number of piperidine rings is 1. The second-order valence-corrected chi connectivity index (χ2v) is 7.12.